The summed E-state index contributed by atoms with van der Waals surface area (Å²) in [6.07, 6.45) is 5.29. The number of hydrogen-bond acceptors (Lipinski definition) is 5. The Morgan fingerprint density at radius 1 is 1.27 bits per heavy atom. The van der Waals surface area contributed by atoms with Crippen LogP contribution in [0.1, 0.15) is 30.1 Å². The summed E-state index contributed by atoms with van der Waals surface area (Å²) in [5.41, 5.74) is 0.601. The first-order valence-corrected chi connectivity index (χ1v) is 8.97. The SMILES string of the molecule is CC(=O)N[C@H](CC(=O)Nc1ccc(-n2ccnc2C)nc1)c1cccs1. The van der Waals surface area contributed by atoms with Gasteiger partial charge in [0.1, 0.15) is 11.6 Å². The summed E-state index contributed by atoms with van der Waals surface area (Å²) < 4.78 is 1.86. The van der Waals surface area contributed by atoms with Crippen LogP contribution in [0.25, 0.3) is 5.82 Å². The standard InChI is InChI=1S/C18H19N5O2S/c1-12-19-7-8-23(12)17-6-5-14(11-20-17)22-18(25)10-15(21-13(2)24)16-4-3-9-26-16/h3-9,11,15H,10H2,1-2H3,(H,21,24)(H,22,25)/t15-/m1/s1. The van der Waals surface area contributed by atoms with Gasteiger partial charge < -0.3 is 10.6 Å². The van der Waals surface area contributed by atoms with Gasteiger partial charge in [-0.05, 0) is 30.5 Å². The number of anilines is 1. The number of carbonyl (C=O) groups is 2. The van der Waals surface area contributed by atoms with Gasteiger partial charge in [-0.25, -0.2) is 9.97 Å². The minimum absolute atomic E-state index is 0.155. The summed E-state index contributed by atoms with van der Waals surface area (Å²) >= 11 is 1.51. The van der Waals surface area contributed by atoms with E-state index in [2.05, 4.69) is 20.6 Å². The van der Waals surface area contributed by atoms with Gasteiger partial charge in [0.15, 0.2) is 0 Å². The van der Waals surface area contributed by atoms with Crippen LogP contribution in [0.5, 0.6) is 0 Å². The first kappa shape index (κ1) is 17.8. The number of imidazole rings is 1. The number of amides is 2. The molecule has 3 rings (SSSR count). The Labute approximate surface area is 155 Å². The Morgan fingerprint density at radius 3 is 2.69 bits per heavy atom. The van der Waals surface area contributed by atoms with Gasteiger partial charge in [0, 0.05) is 24.2 Å². The number of carbonyl (C=O) groups excluding carboxylic acids is 2. The molecule has 0 unspecified atom stereocenters. The Morgan fingerprint density at radius 2 is 2.12 bits per heavy atom. The molecule has 0 bridgehead atoms. The number of aromatic nitrogens is 3. The van der Waals surface area contributed by atoms with E-state index in [9.17, 15) is 9.59 Å². The fourth-order valence-electron chi connectivity index (χ4n) is 2.58. The van der Waals surface area contributed by atoms with Crippen molar-refractivity contribution >= 4 is 28.8 Å². The van der Waals surface area contributed by atoms with E-state index in [-0.39, 0.29) is 24.3 Å². The summed E-state index contributed by atoms with van der Waals surface area (Å²) in [6, 6.07) is 7.07. The minimum atomic E-state index is -0.340. The zero-order chi connectivity index (χ0) is 18.5. The maximum atomic E-state index is 12.4. The second kappa shape index (κ2) is 7.92. The van der Waals surface area contributed by atoms with E-state index in [0.29, 0.717) is 5.69 Å². The number of nitrogens with one attached hydrogen (secondary N) is 2. The molecule has 0 fully saturated rings. The zero-order valence-electron chi connectivity index (χ0n) is 14.5. The molecule has 2 N–H and O–H groups in total. The normalized spacial score (nSPS) is 11.8. The van der Waals surface area contributed by atoms with Crippen molar-refractivity contribution in [3.8, 4) is 5.82 Å². The molecule has 0 aliphatic carbocycles. The van der Waals surface area contributed by atoms with Crippen LogP contribution >= 0.6 is 11.3 Å². The lowest BCUT2D eigenvalue weighted by Gasteiger charge is -2.16. The number of nitrogens with zero attached hydrogens (tertiary/aromatic N) is 3. The van der Waals surface area contributed by atoms with Gasteiger partial charge in [0.2, 0.25) is 11.8 Å². The third-order valence-corrected chi connectivity index (χ3v) is 4.74. The molecule has 0 saturated heterocycles. The summed E-state index contributed by atoms with van der Waals surface area (Å²) in [6.45, 7) is 3.34. The molecule has 134 valence electrons. The van der Waals surface area contributed by atoms with Crippen LogP contribution < -0.4 is 10.6 Å². The van der Waals surface area contributed by atoms with Gasteiger partial charge >= 0.3 is 0 Å². The molecule has 8 heteroatoms. The Bertz CT molecular complexity index is 887. The van der Waals surface area contributed by atoms with Crippen LogP contribution in [-0.2, 0) is 9.59 Å². The van der Waals surface area contributed by atoms with Crippen molar-refractivity contribution in [3.63, 3.8) is 0 Å². The van der Waals surface area contributed by atoms with Crippen molar-refractivity contribution in [1.29, 1.82) is 0 Å². The molecule has 3 heterocycles. The highest BCUT2D eigenvalue weighted by atomic mass is 32.1. The third-order valence-electron chi connectivity index (χ3n) is 3.76. The molecular weight excluding hydrogens is 350 g/mol. The van der Waals surface area contributed by atoms with Crippen molar-refractivity contribution in [2.75, 3.05) is 5.32 Å². The van der Waals surface area contributed by atoms with E-state index in [1.807, 2.05) is 41.3 Å². The fourth-order valence-corrected chi connectivity index (χ4v) is 3.36. The van der Waals surface area contributed by atoms with E-state index >= 15 is 0 Å². The monoisotopic (exact) mass is 369 g/mol. The summed E-state index contributed by atoms with van der Waals surface area (Å²) in [7, 11) is 0. The smallest absolute Gasteiger partial charge is 0.226 e. The molecule has 3 aromatic heterocycles. The largest absolute Gasteiger partial charge is 0.348 e. The minimum Gasteiger partial charge on any atom is -0.348 e. The third kappa shape index (κ3) is 4.34. The summed E-state index contributed by atoms with van der Waals surface area (Å²) in [4.78, 5) is 33.2. The van der Waals surface area contributed by atoms with Gasteiger partial charge in [0.05, 0.1) is 24.3 Å². The maximum absolute atomic E-state index is 12.4. The quantitative estimate of drug-likeness (QED) is 0.699. The molecule has 0 aromatic carbocycles. The molecule has 26 heavy (non-hydrogen) atoms. The Hall–Kier alpha value is -3.00. The highest BCUT2D eigenvalue weighted by Crippen LogP contribution is 2.22. The Kier molecular flexibility index (Phi) is 5.43. The van der Waals surface area contributed by atoms with Gasteiger partial charge in [-0.2, -0.15) is 0 Å². The second-order valence-corrected chi connectivity index (χ2v) is 6.75. The van der Waals surface area contributed by atoms with Crippen LogP contribution in [0.2, 0.25) is 0 Å². The van der Waals surface area contributed by atoms with E-state index in [0.717, 1.165) is 16.5 Å². The average molecular weight is 369 g/mol. The van der Waals surface area contributed by atoms with Crippen LogP contribution in [0.3, 0.4) is 0 Å². The molecular formula is C18H19N5O2S. The number of rotatable bonds is 6. The molecule has 7 nitrogen and oxygen atoms in total. The average Bonchev–Trinajstić information content (AvgIpc) is 3.26. The number of hydrogen-bond donors (Lipinski definition) is 2. The van der Waals surface area contributed by atoms with Gasteiger partial charge in [-0.3, -0.25) is 14.2 Å². The lowest BCUT2D eigenvalue weighted by molar-refractivity contribution is -0.120. The summed E-state index contributed by atoms with van der Waals surface area (Å²) in [5.74, 6) is 1.21. The Balaban J connectivity index is 1.65. The predicted molar refractivity (Wildman–Crippen MR) is 100 cm³/mol. The first-order valence-electron chi connectivity index (χ1n) is 8.09. The molecule has 2 amide bonds. The highest BCUT2D eigenvalue weighted by molar-refractivity contribution is 7.10. The fraction of sp³-hybridized carbons (Fsp3) is 0.222. The molecule has 3 aromatic rings. The first-order chi connectivity index (χ1) is 12.5. The molecule has 0 saturated carbocycles. The molecule has 0 aliphatic rings. The second-order valence-electron chi connectivity index (χ2n) is 5.77. The number of thiophene rings is 1. The van der Waals surface area contributed by atoms with E-state index < -0.39 is 0 Å². The van der Waals surface area contributed by atoms with E-state index in [1.54, 1.807) is 18.5 Å². The number of pyridine rings is 1. The molecule has 0 radical (unpaired) electrons. The van der Waals surface area contributed by atoms with Gasteiger partial charge in [-0.1, -0.05) is 6.07 Å². The van der Waals surface area contributed by atoms with Crippen LogP contribution in [0.4, 0.5) is 5.69 Å². The lowest BCUT2D eigenvalue weighted by Crippen LogP contribution is -2.29. The van der Waals surface area contributed by atoms with E-state index in [4.69, 9.17) is 0 Å². The topological polar surface area (TPSA) is 88.9 Å². The summed E-state index contributed by atoms with van der Waals surface area (Å²) in [5, 5.41) is 7.56. The van der Waals surface area contributed by atoms with E-state index in [1.165, 1.54) is 18.3 Å². The molecule has 1 atom stereocenters. The lowest BCUT2D eigenvalue weighted by atomic mass is 10.1. The van der Waals surface area contributed by atoms with Crippen LogP contribution in [0.15, 0.2) is 48.2 Å². The van der Waals surface area contributed by atoms with Gasteiger partial charge in [0.25, 0.3) is 0 Å². The molecule has 0 aliphatic heterocycles. The van der Waals surface area contributed by atoms with Crippen LogP contribution in [-0.4, -0.2) is 26.3 Å². The van der Waals surface area contributed by atoms with Crippen molar-refractivity contribution in [1.82, 2.24) is 19.9 Å². The van der Waals surface area contributed by atoms with Gasteiger partial charge in [-0.15, -0.1) is 11.3 Å². The zero-order valence-corrected chi connectivity index (χ0v) is 15.3. The molecule has 0 spiro atoms. The van der Waals surface area contributed by atoms with Crippen molar-refractivity contribution in [3.05, 3.63) is 58.9 Å². The number of aryl methyl sites for hydroxylation is 1. The van der Waals surface area contributed by atoms with Crippen molar-refractivity contribution in [2.45, 2.75) is 26.3 Å². The van der Waals surface area contributed by atoms with Crippen molar-refractivity contribution < 1.29 is 9.59 Å². The van der Waals surface area contributed by atoms with Crippen molar-refractivity contribution in [2.24, 2.45) is 0 Å². The van der Waals surface area contributed by atoms with Crippen LogP contribution in [0, 0.1) is 6.92 Å². The predicted octanol–water partition coefficient (Wildman–Crippen LogP) is 2.84. The highest BCUT2D eigenvalue weighted by Gasteiger charge is 2.18. The maximum Gasteiger partial charge on any atom is 0.226 e.